The maximum atomic E-state index is 12.1. The summed E-state index contributed by atoms with van der Waals surface area (Å²) in [7, 11) is 0. The number of hydrogen-bond acceptors (Lipinski definition) is 2. The van der Waals surface area contributed by atoms with Crippen molar-refractivity contribution in [1.29, 1.82) is 0 Å². The highest BCUT2D eigenvalue weighted by Crippen LogP contribution is 2.30. The summed E-state index contributed by atoms with van der Waals surface area (Å²) in [5.74, 6) is 0.463. The lowest BCUT2D eigenvalue weighted by atomic mass is 9.96. The van der Waals surface area contributed by atoms with Crippen molar-refractivity contribution in [1.82, 2.24) is 10.2 Å². The molecule has 110 valence electrons. The molecule has 3 nitrogen and oxygen atoms in total. The largest absolute Gasteiger partial charge is 0.340 e. The van der Waals surface area contributed by atoms with Gasteiger partial charge in [0.25, 0.3) is 0 Å². The molecule has 0 bridgehead atoms. The SMILES string of the molecule is CC(CCC(=O)N1CCNCC1)c1cc(Cl)ccc1Cl. The monoisotopic (exact) mass is 314 g/mol. The lowest BCUT2D eigenvalue weighted by molar-refractivity contribution is -0.131. The average Bonchev–Trinajstić information content (AvgIpc) is 2.47. The second-order valence-corrected chi connectivity index (χ2v) is 6.08. The smallest absolute Gasteiger partial charge is 0.222 e. The fourth-order valence-corrected chi connectivity index (χ4v) is 2.94. The van der Waals surface area contributed by atoms with Crippen molar-refractivity contribution in [2.24, 2.45) is 0 Å². The Morgan fingerprint density at radius 2 is 2.05 bits per heavy atom. The van der Waals surface area contributed by atoms with Crippen LogP contribution in [0.1, 0.15) is 31.2 Å². The van der Waals surface area contributed by atoms with Gasteiger partial charge in [0.2, 0.25) is 5.91 Å². The molecule has 1 unspecified atom stereocenters. The molecule has 0 radical (unpaired) electrons. The van der Waals surface area contributed by atoms with E-state index in [1.807, 2.05) is 17.0 Å². The zero-order chi connectivity index (χ0) is 14.5. The molecular formula is C15H20Cl2N2O. The maximum Gasteiger partial charge on any atom is 0.222 e. The van der Waals surface area contributed by atoms with Crippen LogP contribution in [0.2, 0.25) is 10.0 Å². The molecule has 0 aromatic heterocycles. The first kappa shape index (κ1) is 15.6. The molecule has 0 aliphatic carbocycles. The molecule has 1 aliphatic heterocycles. The zero-order valence-electron chi connectivity index (χ0n) is 11.7. The first-order valence-electron chi connectivity index (χ1n) is 7.01. The van der Waals surface area contributed by atoms with Gasteiger partial charge in [-0.2, -0.15) is 0 Å². The summed E-state index contributed by atoms with van der Waals surface area (Å²) in [6.07, 6.45) is 1.35. The Morgan fingerprint density at radius 3 is 2.75 bits per heavy atom. The summed E-state index contributed by atoms with van der Waals surface area (Å²) < 4.78 is 0. The van der Waals surface area contributed by atoms with Crippen LogP contribution in [0.3, 0.4) is 0 Å². The van der Waals surface area contributed by atoms with Crippen molar-refractivity contribution in [3.63, 3.8) is 0 Å². The molecule has 1 N–H and O–H groups in total. The Bertz CT molecular complexity index is 473. The third-order valence-corrected chi connectivity index (χ3v) is 4.33. The van der Waals surface area contributed by atoms with Crippen molar-refractivity contribution in [2.75, 3.05) is 26.2 Å². The molecule has 1 saturated heterocycles. The number of amides is 1. The Kier molecular flexibility index (Phi) is 5.70. The van der Waals surface area contributed by atoms with E-state index in [9.17, 15) is 4.79 Å². The lowest BCUT2D eigenvalue weighted by Crippen LogP contribution is -2.46. The van der Waals surface area contributed by atoms with Crippen molar-refractivity contribution >= 4 is 29.1 Å². The van der Waals surface area contributed by atoms with Crippen LogP contribution in [0.5, 0.6) is 0 Å². The number of carbonyl (C=O) groups excluding carboxylic acids is 1. The number of nitrogens with one attached hydrogen (secondary N) is 1. The molecule has 1 atom stereocenters. The lowest BCUT2D eigenvalue weighted by Gasteiger charge is -2.28. The minimum absolute atomic E-state index is 0.230. The number of hydrogen-bond donors (Lipinski definition) is 1. The summed E-state index contributed by atoms with van der Waals surface area (Å²) in [6.45, 7) is 5.49. The summed E-state index contributed by atoms with van der Waals surface area (Å²) in [6, 6.07) is 5.49. The molecule has 1 aromatic carbocycles. The molecule has 1 heterocycles. The predicted octanol–water partition coefficient (Wildman–Crippen LogP) is 3.31. The topological polar surface area (TPSA) is 32.3 Å². The van der Waals surface area contributed by atoms with Gasteiger partial charge in [-0.25, -0.2) is 0 Å². The number of benzene rings is 1. The molecule has 0 spiro atoms. The summed E-state index contributed by atoms with van der Waals surface area (Å²) in [5, 5.41) is 4.65. The first-order valence-corrected chi connectivity index (χ1v) is 7.77. The maximum absolute atomic E-state index is 12.1. The highest BCUT2D eigenvalue weighted by molar-refractivity contribution is 6.33. The standard InChI is InChI=1S/C15H20Cl2N2O/c1-11(13-10-12(16)3-4-14(13)17)2-5-15(20)19-8-6-18-7-9-19/h3-4,10-11,18H,2,5-9H2,1H3. The number of piperazine rings is 1. The van der Waals surface area contributed by atoms with Gasteiger partial charge in [-0.3, -0.25) is 4.79 Å². The second-order valence-electron chi connectivity index (χ2n) is 5.24. The average molecular weight is 315 g/mol. The van der Waals surface area contributed by atoms with E-state index in [-0.39, 0.29) is 11.8 Å². The molecule has 2 rings (SSSR count). The third-order valence-electron chi connectivity index (χ3n) is 3.75. The van der Waals surface area contributed by atoms with Crippen LogP contribution >= 0.6 is 23.2 Å². The van der Waals surface area contributed by atoms with Crippen LogP contribution in [0, 0.1) is 0 Å². The van der Waals surface area contributed by atoms with Gasteiger partial charge in [-0.1, -0.05) is 30.1 Å². The molecule has 20 heavy (non-hydrogen) atoms. The van der Waals surface area contributed by atoms with E-state index in [4.69, 9.17) is 23.2 Å². The Morgan fingerprint density at radius 1 is 1.35 bits per heavy atom. The van der Waals surface area contributed by atoms with E-state index < -0.39 is 0 Å². The fourth-order valence-electron chi connectivity index (χ4n) is 2.46. The normalized spacial score (nSPS) is 17.1. The van der Waals surface area contributed by atoms with E-state index in [1.54, 1.807) is 6.07 Å². The van der Waals surface area contributed by atoms with Crippen LogP contribution in [0.15, 0.2) is 18.2 Å². The summed E-state index contributed by atoms with van der Waals surface area (Å²) in [5.41, 5.74) is 1.02. The minimum Gasteiger partial charge on any atom is -0.340 e. The predicted molar refractivity (Wildman–Crippen MR) is 83.6 cm³/mol. The number of nitrogens with zero attached hydrogens (tertiary/aromatic N) is 1. The number of halogens is 2. The van der Waals surface area contributed by atoms with Gasteiger partial charge in [0.05, 0.1) is 0 Å². The third kappa shape index (κ3) is 4.11. The zero-order valence-corrected chi connectivity index (χ0v) is 13.2. The number of carbonyl (C=O) groups is 1. The van der Waals surface area contributed by atoms with Crippen molar-refractivity contribution in [2.45, 2.75) is 25.7 Å². The van der Waals surface area contributed by atoms with Gasteiger partial charge in [-0.05, 0) is 36.1 Å². The quantitative estimate of drug-likeness (QED) is 0.924. The highest BCUT2D eigenvalue weighted by atomic mass is 35.5. The molecular weight excluding hydrogens is 295 g/mol. The van der Waals surface area contributed by atoms with Gasteiger partial charge in [-0.15, -0.1) is 0 Å². The van der Waals surface area contributed by atoms with E-state index in [2.05, 4.69) is 12.2 Å². The molecule has 1 amide bonds. The molecule has 1 fully saturated rings. The second kappa shape index (κ2) is 7.30. The van der Waals surface area contributed by atoms with Crippen LogP contribution in [-0.4, -0.2) is 37.0 Å². The van der Waals surface area contributed by atoms with Gasteiger partial charge in [0.15, 0.2) is 0 Å². The molecule has 0 saturated carbocycles. The van der Waals surface area contributed by atoms with Crippen LogP contribution in [0.25, 0.3) is 0 Å². The fraction of sp³-hybridized carbons (Fsp3) is 0.533. The molecule has 1 aliphatic rings. The Balaban J connectivity index is 1.89. The first-order chi connectivity index (χ1) is 9.58. The van der Waals surface area contributed by atoms with Crippen LogP contribution in [0.4, 0.5) is 0 Å². The van der Waals surface area contributed by atoms with E-state index in [1.165, 1.54) is 0 Å². The van der Waals surface area contributed by atoms with Crippen molar-refractivity contribution < 1.29 is 4.79 Å². The number of rotatable bonds is 4. The van der Waals surface area contributed by atoms with Crippen molar-refractivity contribution in [3.8, 4) is 0 Å². The summed E-state index contributed by atoms with van der Waals surface area (Å²) in [4.78, 5) is 14.1. The molecule has 5 heteroatoms. The van der Waals surface area contributed by atoms with Gasteiger partial charge >= 0.3 is 0 Å². The van der Waals surface area contributed by atoms with Gasteiger partial charge in [0.1, 0.15) is 0 Å². The van der Waals surface area contributed by atoms with Crippen LogP contribution in [-0.2, 0) is 4.79 Å². The Hall–Kier alpha value is -0.770. The van der Waals surface area contributed by atoms with E-state index in [0.717, 1.165) is 43.2 Å². The van der Waals surface area contributed by atoms with Crippen molar-refractivity contribution in [3.05, 3.63) is 33.8 Å². The van der Waals surface area contributed by atoms with Crippen LogP contribution < -0.4 is 5.32 Å². The van der Waals surface area contributed by atoms with E-state index >= 15 is 0 Å². The van der Waals surface area contributed by atoms with Gasteiger partial charge < -0.3 is 10.2 Å². The minimum atomic E-state index is 0.230. The Labute approximate surface area is 130 Å². The highest BCUT2D eigenvalue weighted by Gasteiger charge is 2.18. The summed E-state index contributed by atoms with van der Waals surface area (Å²) >= 11 is 12.2. The van der Waals surface area contributed by atoms with Gasteiger partial charge in [0, 0.05) is 42.6 Å². The van der Waals surface area contributed by atoms with E-state index in [0.29, 0.717) is 11.4 Å². The molecule has 1 aromatic rings.